The van der Waals surface area contributed by atoms with Gasteiger partial charge in [-0.15, -0.1) is 11.3 Å². The molecule has 0 fully saturated rings. The number of hydrogen-bond acceptors (Lipinski definition) is 3. The van der Waals surface area contributed by atoms with Crippen molar-refractivity contribution in [1.82, 2.24) is 9.97 Å². The van der Waals surface area contributed by atoms with Gasteiger partial charge in [-0.3, -0.25) is 4.98 Å². The fraction of sp³-hybridized carbons (Fsp3) is 0.385. The van der Waals surface area contributed by atoms with Gasteiger partial charge >= 0.3 is 0 Å². The molecule has 0 atom stereocenters. The maximum Gasteiger partial charge on any atom is 0.0801 e. The minimum Gasteiger partial charge on any atom is -0.265 e. The SMILES string of the molecule is CCCCCc1ncsc1-c1ccncc1. The molecule has 0 saturated heterocycles. The van der Waals surface area contributed by atoms with Gasteiger partial charge in [0.1, 0.15) is 0 Å². The number of aromatic nitrogens is 2. The molecule has 0 spiro atoms. The van der Waals surface area contributed by atoms with E-state index in [0.717, 1.165) is 6.42 Å². The van der Waals surface area contributed by atoms with Gasteiger partial charge in [-0.1, -0.05) is 19.8 Å². The standard InChI is InChI=1S/C13H16N2S/c1-2-3-4-5-12-13(16-10-15-12)11-6-8-14-9-7-11/h6-10H,2-5H2,1H3. The molecular weight excluding hydrogens is 216 g/mol. The molecule has 0 aliphatic heterocycles. The van der Waals surface area contributed by atoms with Gasteiger partial charge in [-0.25, -0.2) is 4.98 Å². The largest absolute Gasteiger partial charge is 0.265 e. The average Bonchev–Trinajstić information content (AvgIpc) is 2.79. The Balaban J connectivity index is 2.13. The molecule has 0 N–H and O–H groups in total. The lowest BCUT2D eigenvalue weighted by atomic mass is 10.1. The van der Waals surface area contributed by atoms with Gasteiger partial charge < -0.3 is 0 Å². The van der Waals surface area contributed by atoms with E-state index in [9.17, 15) is 0 Å². The van der Waals surface area contributed by atoms with E-state index >= 15 is 0 Å². The molecule has 0 amide bonds. The molecule has 2 aromatic heterocycles. The fourth-order valence-corrected chi connectivity index (χ4v) is 2.58. The summed E-state index contributed by atoms with van der Waals surface area (Å²) < 4.78 is 0. The number of rotatable bonds is 5. The molecule has 0 aliphatic carbocycles. The summed E-state index contributed by atoms with van der Waals surface area (Å²) >= 11 is 1.72. The van der Waals surface area contributed by atoms with E-state index in [-0.39, 0.29) is 0 Å². The molecule has 2 aromatic rings. The molecule has 0 aliphatic rings. The number of aryl methyl sites for hydroxylation is 1. The van der Waals surface area contributed by atoms with Crippen LogP contribution in [-0.4, -0.2) is 9.97 Å². The average molecular weight is 232 g/mol. The second kappa shape index (κ2) is 5.75. The Kier molecular flexibility index (Phi) is 4.05. The summed E-state index contributed by atoms with van der Waals surface area (Å²) in [6.45, 7) is 2.23. The zero-order chi connectivity index (χ0) is 11.2. The minimum absolute atomic E-state index is 1.09. The van der Waals surface area contributed by atoms with Crippen LogP contribution in [0.2, 0.25) is 0 Å². The second-order valence-electron chi connectivity index (χ2n) is 3.82. The first-order valence-corrected chi connectivity index (χ1v) is 6.62. The maximum absolute atomic E-state index is 4.46. The summed E-state index contributed by atoms with van der Waals surface area (Å²) in [5.41, 5.74) is 4.42. The van der Waals surface area contributed by atoms with Crippen molar-refractivity contribution in [2.45, 2.75) is 32.6 Å². The Morgan fingerprint density at radius 1 is 1.19 bits per heavy atom. The molecule has 0 radical (unpaired) electrons. The third-order valence-corrected chi connectivity index (χ3v) is 3.52. The van der Waals surface area contributed by atoms with Crippen LogP contribution >= 0.6 is 11.3 Å². The van der Waals surface area contributed by atoms with Crippen molar-refractivity contribution in [2.24, 2.45) is 0 Å². The van der Waals surface area contributed by atoms with Gasteiger partial charge in [0.2, 0.25) is 0 Å². The van der Waals surface area contributed by atoms with Gasteiger partial charge in [-0.2, -0.15) is 0 Å². The van der Waals surface area contributed by atoms with E-state index in [4.69, 9.17) is 0 Å². The van der Waals surface area contributed by atoms with Crippen LogP contribution < -0.4 is 0 Å². The van der Waals surface area contributed by atoms with Crippen LogP contribution in [0.25, 0.3) is 10.4 Å². The van der Waals surface area contributed by atoms with Crippen LogP contribution in [0.5, 0.6) is 0 Å². The van der Waals surface area contributed by atoms with Crippen LogP contribution in [-0.2, 0) is 6.42 Å². The topological polar surface area (TPSA) is 25.8 Å². The monoisotopic (exact) mass is 232 g/mol. The Hall–Kier alpha value is -1.22. The predicted molar refractivity (Wildman–Crippen MR) is 68.6 cm³/mol. The van der Waals surface area contributed by atoms with Gasteiger partial charge in [0.05, 0.1) is 16.1 Å². The Labute approximate surface area is 100 Å². The minimum atomic E-state index is 1.09. The van der Waals surface area contributed by atoms with Gasteiger partial charge in [0, 0.05) is 12.4 Å². The van der Waals surface area contributed by atoms with Crippen molar-refractivity contribution in [3.63, 3.8) is 0 Å². The number of hydrogen-bond donors (Lipinski definition) is 0. The molecule has 3 heteroatoms. The third kappa shape index (κ3) is 2.67. The van der Waals surface area contributed by atoms with E-state index in [1.54, 1.807) is 11.3 Å². The number of unbranched alkanes of at least 4 members (excludes halogenated alkanes) is 2. The lowest BCUT2D eigenvalue weighted by Crippen LogP contribution is -1.88. The van der Waals surface area contributed by atoms with E-state index in [0.29, 0.717) is 0 Å². The summed E-state index contributed by atoms with van der Waals surface area (Å²) in [6, 6.07) is 4.10. The van der Waals surface area contributed by atoms with Crippen molar-refractivity contribution in [1.29, 1.82) is 0 Å². The van der Waals surface area contributed by atoms with Crippen molar-refractivity contribution in [3.05, 3.63) is 35.7 Å². The zero-order valence-electron chi connectivity index (χ0n) is 9.52. The van der Waals surface area contributed by atoms with Crippen LogP contribution in [0.1, 0.15) is 31.9 Å². The normalized spacial score (nSPS) is 10.6. The first kappa shape index (κ1) is 11.3. The van der Waals surface area contributed by atoms with Crippen LogP contribution in [0.15, 0.2) is 30.0 Å². The smallest absolute Gasteiger partial charge is 0.0801 e. The maximum atomic E-state index is 4.46. The van der Waals surface area contributed by atoms with Crippen LogP contribution in [0.4, 0.5) is 0 Å². The molecule has 2 nitrogen and oxygen atoms in total. The fourth-order valence-electron chi connectivity index (χ4n) is 1.73. The van der Waals surface area contributed by atoms with Crippen molar-refractivity contribution in [2.75, 3.05) is 0 Å². The van der Waals surface area contributed by atoms with E-state index < -0.39 is 0 Å². The molecular formula is C13H16N2S. The van der Waals surface area contributed by atoms with Crippen molar-refractivity contribution in [3.8, 4) is 10.4 Å². The first-order chi connectivity index (χ1) is 7.92. The highest BCUT2D eigenvalue weighted by molar-refractivity contribution is 7.13. The van der Waals surface area contributed by atoms with E-state index in [2.05, 4.69) is 29.0 Å². The second-order valence-corrected chi connectivity index (χ2v) is 4.68. The lowest BCUT2D eigenvalue weighted by molar-refractivity contribution is 0.710. The van der Waals surface area contributed by atoms with Gasteiger partial charge in [-0.05, 0) is 30.5 Å². The highest BCUT2D eigenvalue weighted by atomic mass is 32.1. The Morgan fingerprint density at radius 3 is 2.75 bits per heavy atom. The molecule has 84 valence electrons. The zero-order valence-corrected chi connectivity index (χ0v) is 10.3. The third-order valence-electron chi connectivity index (χ3n) is 2.60. The van der Waals surface area contributed by atoms with Gasteiger partial charge in [0.15, 0.2) is 0 Å². The van der Waals surface area contributed by atoms with Crippen molar-refractivity contribution >= 4 is 11.3 Å². The summed E-state index contributed by atoms with van der Waals surface area (Å²) in [6.07, 6.45) is 8.55. The van der Waals surface area contributed by atoms with E-state index in [1.807, 2.05) is 17.9 Å². The summed E-state index contributed by atoms with van der Waals surface area (Å²) in [5, 5.41) is 0. The summed E-state index contributed by atoms with van der Waals surface area (Å²) in [4.78, 5) is 9.81. The highest BCUT2D eigenvalue weighted by Crippen LogP contribution is 2.28. The van der Waals surface area contributed by atoms with Crippen LogP contribution in [0, 0.1) is 0 Å². The molecule has 0 aromatic carbocycles. The summed E-state index contributed by atoms with van der Waals surface area (Å²) in [5.74, 6) is 0. The number of pyridine rings is 1. The quantitative estimate of drug-likeness (QED) is 0.730. The number of nitrogens with zero attached hydrogens (tertiary/aromatic N) is 2. The molecule has 2 heterocycles. The Bertz CT molecular complexity index is 423. The lowest BCUT2D eigenvalue weighted by Gasteiger charge is -2.01. The van der Waals surface area contributed by atoms with Crippen molar-refractivity contribution < 1.29 is 0 Å². The van der Waals surface area contributed by atoms with Crippen LogP contribution in [0.3, 0.4) is 0 Å². The predicted octanol–water partition coefficient (Wildman–Crippen LogP) is 3.94. The molecule has 0 bridgehead atoms. The van der Waals surface area contributed by atoms with E-state index in [1.165, 1.54) is 35.4 Å². The number of thiazole rings is 1. The highest BCUT2D eigenvalue weighted by Gasteiger charge is 2.07. The van der Waals surface area contributed by atoms with Gasteiger partial charge in [0.25, 0.3) is 0 Å². The molecule has 0 saturated carbocycles. The first-order valence-electron chi connectivity index (χ1n) is 5.74. The molecule has 0 unspecified atom stereocenters. The molecule has 2 rings (SSSR count). The Morgan fingerprint density at radius 2 is 2.00 bits per heavy atom. The molecule has 16 heavy (non-hydrogen) atoms. The summed E-state index contributed by atoms with van der Waals surface area (Å²) in [7, 11) is 0.